The largest absolute Gasteiger partial charge is 0.459 e. The smallest absolute Gasteiger partial charge is 0.337 e. The van der Waals surface area contributed by atoms with Crippen LogP contribution in [-0.2, 0) is 33.4 Å². The van der Waals surface area contributed by atoms with Gasteiger partial charge in [-0.3, -0.25) is 14.4 Å². The van der Waals surface area contributed by atoms with Crippen molar-refractivity contribution in [3.8, 4) is 0 Å². The molecule has 14 heteroatoms. The van der Waals surface area contributed by atoms with Gasteiger partial charge in [-0.25, -0.2) is 4.79 Å². The fraction of sp³-hybridized carbons (Fsp3) is 0.786. The number of hydrogen-bond acceptors (Lipinski definition) is 12. The van der Waals surface area contributed by atoms with E-state index in [2.05, 4.69) is 5.32 Å². The monoisotopic (exact) mass is 810 g/mol. The van der Waals surface area contributed by atoms with E-state index in [1.165, 1.54) is 27.7 Å². The van der Waals surface area contributed by atoms with Crippen molar-refractivity contribution in [3.05, 3.63) is 11.1 Å². The van der Waals surface area contributed by atoms with Crippen molar-refractivity contribution < 1.29 is 103 Å². The van der Waals surface area contributed by atoms with Gasteiger partial charge in [0.05, 0.1) is 30.3 Å². The summed E-state index contributed by atoms with van der Waals surface area (Å²) >= 11 is 0. The first-order valence-electron chi connectivity index (χ1n) is 13.8. The number of carbonyl (C=O) groups excluding carboxylic acids is 4. The van der Waals surface area contributed by atoms with E-state index in [4.69, 9.17) is 14.2 Å². The molecular weight excluding hydrogens is 769 g/mol. The van der Waals surface area contributed by atoms with Crippen molar-refractivity contribution in [2.24, 2.45) is 16.7 Å². The number of amides is 1. The number of nitrogens with one attached hydrogen (secondary N) is 1. The number of rotatable bonds is 5. The van der Waals surface area contributed by atoms with Crippen LogP contribution in [-0.4, -0.2) is 110 Å². The van der Waals surface area contributed by atoms with Gasteiger partial charge in [-0.05, 0) is 31.9 Å². The molecule has 0 aromatic heterocycles. The SMILES string of the molecule is CC(=O)N[C@@H](C)[C@@H](O)C(=O)OC1C[C@@]2(O)[C@@H](OC(C)=O)[C@@H]3[C@]4(O)CO[C@@H]4C[C@H](O)[C@@]3(C)C(=O)[C@H](O)C(=C1C)C2(C)C.[Ac]. The van der Waals surface area contributed by atoms with Gasteiger partial charge in [0.25, 0.3) is 0 Å². The molecule has 0 spiro atoms. The molecule has 6 N–H and O–H groups in total. The molecule has 1 amide bonds. The Morgan fingerprint density at radius 2 is 1.69 bits per heavy atom. The van der Waals surface area contributed by atoms with E-state index in [9.17, 15) is 44.7 Å². The second kappa shape index (κ2) is 11.7. The first kappa shape index (κ1) is 35.5. The van der Waals surface area contributed by atoms with Crippen LogP contribution >= 0.6 is 0 Å². The summed E-state index contributed by atoms with van der Waals surface area (Å²) in [6.45, 7) is 9.42. The van der Waals surface area contributed by atoms with E-state index in [-0.39, 0.29) is 68.2 Å². The summed E-state index contributed by atoms with van der Waals surface area (Å²) in [7, 11) is 0. The maximum atomic E-state index is 14.2. The molecule has 4 rings (SSSR count). The van der Waals surface area contributed by atoms with Gasteiger partial charge >= 0.3 is 11.9 Å². The molecule has 0 aromatic rings. The van der Waals surface area contributed by atoms with Crippen LogP contribution < -0.4 is 5.32 Å². The molecule has 1 heterocycles. The normalized spacial score (nSPS) is 41.8. The second-order valence-corrected chi connectivity index (χ2v) is 12.8. The Morgan fingerprint density at radius 1 is 1.10 bits per heavy atom. The van der Waals surface area contributed by atoms with Crippen molar-refractivity contribution in [2.45, 2.75) is 115 Å². The van der Waals surface area contributed by atoms with Crippen LogP contribution in [0.5, 0.6) is 0 Å². The summed E-state index contributed by atoms with van der Waals surface area (Å²) < 4.78 is 16.9. The average molecular weight is 811 g/mol. The number of esters is 2. The van der Waals surface area contributed by atoms with E-state index >= 15 is 0 Å². The van der Waals surface area contributed by atoms with Gasteiger partial charge in [-0.2, -0.15) is 0 Å². The molecule has 1 radical (unpaired) electrons. The zero-order valence-electron chi connectivity index (χ0n) is 24.9. The van der Waals surface area contributed by atoms with Crippen molar-refractivity contribution in [1.29, 1.82) is 0 Å². The standard InChI is InChI=1S/C28H41NO12.Ac/c1-11-15(41-24(36)19(33)12(2)29-13(3)30)9-28(38)23(40-14(4)31)21-26(7,16(32)8-17-27(21,37)10-39-17)22(35)20(34)18(11)25(28,5)6;/h12,15-17,19-21,23,32-34,37-38H,8-10H2,1-7H3,(H,29,30);/t12-,15?,16-,17+,19+,20+,21-,23-,26+,27-,28+;/m0./s1. The van der Waals surface area contributed by atoms with E-state index in [0.717, 1.165) is 6.92 Å². The molecule has 1 aliphatic heterocycles. The van der Waals surface area contributed by atoms with Gasteiger partial charge in [-0.15, -0.1) is 0 Å². The van der Waals surface area contributed by atoms with Gasteiger partial charge in [-0.1, -0.05) is 13.8 Å². The number of hydrogen-bond donors (Lipinski definition) is 6. The number of fused-ring (bicyclic) bond motifs is 5. The maximum absolute atomic E-state index is 14.2. The third kappa shape index (κ3) is 5.11. The van der Waals surface area contributed by atoms with Crippen molar-refractivity contribution >= 4 is 23.6 Å². The van der Waals surface area contributed by atoms with Gasteiger partial charge in [0.15, 0.2) is 11.9 Å². The predicted molar refractivity (Wildman–Crippen MR) is 139 cm³/mol. The fourth-order valence-corrected chi connectivity index (χ4v) is 7.61. The Morgan fingerprint density at radius 3 is 2.19 bits per heavy atom. The van der Waals surface area contributed by atoms with E-state index in [1.54, 1.807) is 13.8 Å². The molecule has 13 nitrogen and oxygen atoms in total. The van der Waals surface area contributed by atoms with Crippen LogP contribution in [0.4, 0.5) is 0 Å². The third-order valence-electron chi connectivity index (χ3n) is 10.1. The first-order valence-corrected chi connectivity index (χ1v) is 13.8. The average Bonchev–Trinajstić information content (AvgIpc) is 2.85. The number of carbonyl (C=O) groups is 4. The molecule has 42 heavy (non-hydrogen) atoms. The van der Waals surface area contributed by atoms with E-state index in [0.29, 0.717) is 0 Å². The Bertz CT molecular complexity index is 1190. The maximum Gasteiger partial charge on any atom is 0.337 e. The summed E-state index contributed by atoms with van der Waals surface area (Å²) in [5.41, 5.74) is -7.12. The van der Waals surface area contributed by atoms with Crippen molar-refractivity contribution in [1.82, 2.24) is 5.32 Å². The molecule has 2 saturated carbocycles. The van der Waals surface area contributed by atoms with Crippen LogP contribution in [0.25, 0.3) is 0 Å². The molecule has 0 aromatic carbocycles. The van der Waals surface area contributed by atoms with Gasteiger partial charge in [0, 0.05) is 82.1 Å². The molecule has 3 fully saturated rings. The van der Waals surface area contributed by atoms with Crippen LogP contribution in [0.3, 0.4) is 0 Å². The quantitative estimate of drug-likeness (QED) is 0.141. The topological polar surface area (TPSA) is 209 Å². The minimum absolute atomic E-state index is 0. The molecule has 1 saturated heterocycles. The van der Waals surface area contributed by atoms with Crippen molar-refractivity contribution in [2.75, 3.05) is 6.61 Å². The number of Topliss-reactive ketones (excluding diaryl/α,β-unsaturated/α-hetero) is 1. The molecule has 233 valence electrons. The molecule has 4 aliphatic rings. The number of aliphatic hydroxyl groups excluding tert-OH is 3. The molecular formula is C28H41AcNO12. The summed E-state index contributed by atoms with van der Waals surface area (Å²) in [5, 5.41) is 60.2. The van der Waals surface area contributed by atoms with Gasteiger partial charge in [0.2, 0.25) is 5.91 Å². The van der Waals surface area contributed by atoms with E-state index < -0.39 is 101 Å². The van der Waals surface area contributed by atoms with Crippen molar-refractivity contribution in [3.63, 3.8) is 0 Å². The predicted octanol–water partition coefficient (Wildman–Crippen LogP) is -1.35. The zero-order chi connectivity index (χ0) is 31.0. The third-order valence-corrected chi connectivity index (χ3v) is 10.1. The van der Waals surface area contributed by atoms with Gasteiger partial charge < -0.3 is 45.1 Å². The van der Waals surface area contributed by atoms with Gasteiger partial charge in [0.1, 0.15) is 29.5 Å². The Labute approximate surface area is 279 Å². The Kier molecular flexibility index (Phi) is 9.93. The second-order valence-electron chi connectivity index (χ2n) is 12.8. The fourth-order valence-electron chi connectivity index (χ4n) is 7.61. The molecule has 3 aliphatic carbocycles. The number of ketones is 1. The first-order chi connectivity index (χ1) is 18.7. The van der Waals surface area contributed by atoms with E-state index in [1.807, 2.05) is 0 Å². The summed E-state index contributed by atoms with van der Waals surface area (Å²) in [6, 6.07) is -1.02. The van der Waals surface area contributed by atoms with Crippen LogP contribution in [0.1, 0.15) is 61.3 Å². The number of aliphatic hydroxyl groups is 5. The minimum atomic E-state index is -2.17. The summed E-state index contributed by atoms with van der Waals surface area (Å²) in [6.07, 6.45) is -9.51. The van der Waals surface area contributed by atoms with Crippen LogP contribution in [0.15, 0.2) is 11.1 Å². The molecule has 2 bridgehead atoms. The number of ether oxygens (including phenoxy) is 3. The zero-order valence-corrected chi connectivity index (χ0v) is 29.7. The Hall–Kier alpha value is -0.978. The summed E-state index contributed by atoms with van der Waals surface area (Å²) in [5.74, 6) is -4.74. The summed E-state index contributed by atoms with van der Waals surface area (Å²) in [4.78, 5) is 51.1. The minimum Gasteiger partial charge on any atom is -0.459 e. The Balaban J connectivity index is 0.00000484. The van der Waals surface area contributed by atoms with Crippen LogP contribution in [0.2, 0.25) is 0 Å². The molecule has 1 unspecified atom stereocenters. The van der Waals surface area contributed by atoms with Crippen LogP contribution in [0, 0.1) is 60.8 Å². The molecule has 11 atom stereocenters.